The summed E-state index contributed by atoms with van der Waals surface area (Å²) < 4.78 is 0. The number of carbonyl (C=O) groups is 1. The molecule has 23 heavy (non-hydrogen) atoms. The van der Waals surface area contributed by atoms with Crippen LogP contribution < -0.4 is 5.32 Å². The number of nitrogens with one attached hydrogen (secondary N) is 1. The Morgan fingerprint density at radius 1 is 1.04 bits per heavy atom. The molecule has 1 N–H and O–H groups in total. The summed E-state index contributed by atoms with van der Waals surface area (Å²) in [6, 6.07) is 20.2. The minimum atomic E-state index is -0.0304. The smallest absolute Gasteiger partial charge is 0.317 e. The number of nitrogens with zero attached hydrogens (tertiary/aromatic N) is 1. The number of carbonyl (C=O) groups excluding carboxylic acids is 1. The zero-order valence-electron chi connectivity index (χ0n) is 13.8. The third kappa shape index (κ3) is 5.62. The molecule has 0 saturated heterocycles. The molecule has 2 aromatic carbocycles. The Morgan fingerprint density at radius 2 is 1.65 bits per heavy atom. The van der Waals surface area contributed by atoms with Crippen molar-refractivity contribution < 1.29 is 4.79 Å². The van der Waals surface area contributed by atoms with Crippen LogP contribution in [0.25, 0.3) is 6.08 Å². The van der Waals surface area contributed by atoms with Gasteiger partial charge < -0.3 is 10.2 Å². The molecule has 0 aliphatic heterocycles. The summed E-state index contributed by atoms with van der Waals surface area (Å²) in [4.78, 5) is 14.2. The molecule has 0 bridgehead atoms. The van der Waals surface area contributed by atoms with Crippen molar-refractivity contribution in [2.45, 2.75) is 20.4 Å². The molecule has 0 unspecified atom stereocenters. The number of benzene rings is 2. The first-order valence-corrected chi connectivity index (χ1v) is 7.98. The van der Waals surface area contributed by atoms with Crippen molar-refractivity contribution >= 4 is 12.1 Å². The first-order valence-electron chi connectivity index (χ1n) is 7.98. The molecule has 0 fully saturated rings. The highest BCUT2D eigenvalue weighted by atomic mass is 16.2. The van der Waals surface area contributed by atoms with E-state index in [2.05, 4.69) is 30.4 Å². The normalized spacial score (nSPS) is 11.1. The van der Waals surface area contributed by atoms with Crippen molar-refractivity contribution in [3.63, 3.8) is 0 Å². The maximum atomic E-state index is 12.3. The summed E-state index contributed by atoms with van der Waals surface area (Å²) in [5.41, 5.74) is 3.44. The highest BCUT2D eigenvalue weighted by Crippen LogP contribution is 2.11. The quantitative estimate of drug-likeness (QED) is 0.847. The van der Waals surface area contributed by atoms with E-state index in [0.29, 0.717) is 19.6 Å². The summed E-state index contributed by atoms with van der Waals surface area (Å²) >= 11 is 0. The monoisotopic (exact) mass is 308 g/mol. The van der Waals surface area contributed by atoms with Crippen molar-refractivity contribution in [3.05, 3.63) is 77.4 Å². The van der Waals surface area contributed by atoms with Gasteiger partial charge in [0.2, 0.25) is 0 Å². The lowest BCUT2D eigenvalue weighted by Crippen LogP contribution is -2.40. The predicted molar refractivity (Wildman–Crippen MR) is 96.0 cm³/mol. The standard InChI is InChI=1S/C20H24N2O/c1-3-21-20(23)22(16-19-12-8-5-9-13-19)15-17(2)14-18-10-6-4-7-11-18/h4-14H,3,15-16H2,1-2H3,(H,21,23)/b17-14+. The molecular weight excluding hydrogens is 284 g/mol. The molecule has 0 atom stereocenters. The molecule has 0 spiro atoms. The number of urea groups is 1. The Morgan fingerprint density at radius 3 is 2.26 bits per heavy atom. The largest absolute Gasteiger partial charge is 0.338 e. The van der Waals surface area contributed by atoms with Gasteiger partial charge in [-0.1, -0.05) is 72.3 Å². The van der Waals surface area contributed by atoms with E-state index in [1.165, 1.54) is 0 Å². The van der Waals surface area contributed by atoms with E-state index in [1.807, 2.05) is 60.4 Å². The molecular formula is C20H24N2O. The molecule has 2 aromatic rings. The highest BCUT2D eigenvalue weighted by molar-refractivity contribution is 5.74. The molecule has 120 valence electrons. The van der Waals surface area contributed by atoms with Crippen molar-refractivity contribution in [1.29, 1.82) is 0 Å². The first-order chi connectivity index (χ1) is 11.2. The van der Waals surface area contributed by atoms with Crippen molar-refractivity contribution in [3.8, 4) is 0 Å². The summed E-state index contributed by atoms with van der Waals surface area (Å²) in [7, 11) is 0. The second-order valence-electron chi connectivity index (χ2n) is 5.58. The van der Waals surface area contributed by atoms with Gasteiger partial charge in [0.25, 0.3) is 0 Å². The van der Waals surface area contributed by atoms with Crippen LogP contribution in [-0.4, -0.2) is 24.0 Å². The lowest BCUT2D eigenvalue weighted by Gasteiger charge is -2.23. The molecule has 0 saturated carbocycles. The number of rotatable bonds is 6. The second-order valence-corrected chi connectivity index (χ2v) is 5.58. The van der Waals surface area contributed by atoms with E-state index in [-0.39, 0.29) is 6.03 Å². The van der Waals surface area contributed by atoms with Gasteiger partial charge in [-0.05, 0) is 25.0 Å². The number of amides is 2. The fraction of sp³-hybridized carbons (Fsp3) is 0.250. The topological polar surface area (TPSA) is 32.3 Å². The number of hydrogen-bond acceptors (Lipinski definition) is 1. The van der Waals surface area contributed by atoms with E-state index in [9.17, 15) is 4.79 Å². The van der Waals surface area contributed by atoms with Crippen LogP contribution in [0, 0.1) is 0 Å². The first kappa shape index (κ1) is 16.8. The van der Waals surface area contributed by atoms with E-state index in [4.69, 9.17) is 0 Å². The average molecular weight is 308 g/mol. The fourth-order valence-corrected chi connectivity index (χ4v) is 2.45. The van der Waals surface area contributed by atoms with E-state index < -0.39 is 0 Å². The fourth-order valence-electron chi connectivity index (χ4n) is 2.45. The molecule has 3 nitrogen and oxygen atoms in total. The van der Waals surface area contributed by atoms with Gasteiger partial charge in [-0.2, -0.15) is 0 Å². The van der Waals surface area contributed by atoms with Crippen LogP contribution in [0.4, 0.5) is 4.79 Å². The summed E-state index contributed by atoms with van der Waals surface area (Å²) in [6.07, 6.45) is 2.12. The maximum absolute atomic E-state index is 12.3. The Kier molecular flexibility index (Phi) is 6.42. The molecule has 3 heteroatoms. The maximum Gasteiger partial charge on any atom is 0.317 e. The highest BCUT2D eigenvalue weighted by Gasteiger charge is 2.13. The van der Waals surface area contributed by atoms with Crippen LogP contribution in [-0.2, 0) is 6.54 Å². The van der Waals surface area contributed by atoms with Gasteiger partial charge in [-0.15, -0.1) is 0 Å². The Labute approximate surface area is 138 Å². The number of hydrogen-bond donors (Lipinski definition) is 1. The van der Waals surface area contributed by atoms with Crippen molar-refractivity contribution in [1.82, 2.24) is 10.2 Å². The SMILES string of the molecule is CCNC(=O)N(C/C(C)=C/c1ccccc1)Cc1ccccc1. The second kappa shape index (κ2) is 8.79. The minimum absolute atomic E-state index is 0.0304. The lowest BCUT2D eigenvalue weighted by molar-refractivity contribution is 0.200. The summed E-state index contributed by atoms with van der Waals surface area (Å²) in [6.45, 7) is 5.84. The van der Waals surface area contributed by atoms with Gasteiger partial charge in [0.15, 0.2) is 0 Å². The Bertz CT molecular complexity index is 635. The van der Waals surface area contributed by atoms with Crippen LogP contribution in [0.1, 0.15) is 25.0 Å². The molecule has 2 rings (SSSR count). The molecule has 0 aromatic heterocycles. The molecule has 2 amide bonds. The summed E-state index contributed by atoms with van der Waals surface area (Å²) in [5.74, 6) is 0. The minimum Gasteiger partial charge on any atom is -0.338 e. The van der Waals surface area contributed by atoms with Gasteiger partial charge in [0.05, 0.1) is 0 Å². The predicted octanol–water partition coefficient (Wildman–Crippen LogP) is 4.32. The van der Waals surface area contributed by atoms with Gasteiger partial charge in [0.1, 0.15) is 0 Å². The van der Waals surface area contributed by atoms with E-state index in [1.54, 1.807) is 0 Å². The Balaban J connectivity index is 2.10. The molecule has 0 aliphatic rings. The average Bonchev–Trinajstić information content (AvgIpc) is 2.56. The molecule has 0 radical (unpaired) electrons. The van der Waals surface area contributed by atoms with Crippen molar-refractivity contribution in [2.24, 2.45) is 0 Å². The van der Waals surface area contributed by atoms with Crippen LogP contribution in [0.5, 0.6) is 0 Å². The van der Waals surface area contributed by atoms with Crippen LogP contribution in [0.2, 0.25) is 0 Å². The summed E-state index contributed by atoms with van der Waals surface area (Å²) in [5, 5.41) is 2.89. The van der Waals surface area contributed by atoms with Gasteiger partial charge in [-0.3, -0.25) is 0 Å². The third-order valence-electron chi connectivity index (χ3n) is 3.48. The van der Waals surface area contributed by atoms with Gasteiger partial charge in [0, 0.05) is 19.6 Å². The zero-order valence-corrected chi connectivity index (χ0v) is 13.8. The van der Waals surface area contributed by atoms with Crippen LogP contribution >= 0.6 is 0 Å². The van der Waals surface area contributed by atoms with Crippen LogP contribution in [0.3, 0.4) is 0 Å². The zero-order chi connectivity index (χ0) is 16.5. The van der Waals surface area contributed by atoms with Crippen molar-refractivity contribution in [2.75, 3.05) is 13.1 Å². The van der Waals surface area contributed by atoms with Gasteiger partial charge in [-0.25, -0.2) is 4.79 Å². The van der Waals surface area contributed by atoms with Gasteiger partial charge >= 0.3 is 6.03 Å². The molecule has 0 heterocycles. The third-order valence-corrected chi connectivity index (χ3v) is 3.48. The Hall–Kier alpha value is -2.55. The molecule has 0 aliphatic carbocycles. The van der Waals surface area contributed by atoms with E-state index in [0.717, 1.165) is 16.7 Å². The van der Waals surface area contributed by atoms with E-state index >= 15 is 0 Å². The van der Waals surface area contributed by atoms with Crippen LogP contribution in [0.15, 0.2) is 66.2 Å². The lowest BCUT2D eigenvalue weighted by atomic mass is 10.1.